The summed E-state index contributed by atoms with van der Waals surface area (Å²) in [6, 6.07) is 7.09. The number of ketones is 1. The van der Waals surface area contributed by atoms with Crippen LogP contribution >= 0.6 is 0 Å². The molecule has 2 aromatic rings. The molecule has 1 heterocycles. The monoisotopic (exact) mass is 317 g/mol. The number of Topliss-reactive ketones (excluding diaryl/α,β-unsaturated/α-hetero) is 1. The van der Waals surface area contributed by atoms with E-state index in [1.165, 1.54) is 14.0 Å². The number of esters is 1. The number of benzene rings is 1. The van der Waals surface area contributed by atoms with Gasteiger partial charge in [-0.2, -0.15) is 0 Å². The van der Waals surface area contributed by atoms with Crippen LogP contribution in [0, 0.1) is 0 Å². The van der Waals surface area contributed by atoms with Crippen LogP contribution in [0.2, 0.25) is 0 Å². The van der Waals surface area contributed by atoms with Gasteiger partial charge >= 0.3 is 5.97 Å². The summed E-state index contributed by atoms with van der Waals surface area (Å²) < 4.78 is 4.55. The van der Waals surface area contributed by atoms with Crippen molar-refractivity contribution in [3.8, 4) is 0 Å². The summed E-state index contributed by atoms with van der Waals surface area (Å²) >= 11 is 0. The van der Waals surface area contributed by atoms with Crippen molar-refractivity contribution in [2.45, 2.75) is 6.92 Å². The summed E-state index contributed by atoms with van der Waals surface area (Å²) in [4.78, 5) is 39.1. The number of amides is 1. The number of methoxy groups -OCH3 is 1. The molecule has 23 heavy (non-hydrogen) atoms. The van der Waals surface area contributed by atoms with Crippen LogP contribution in [0.4, 0.5) is 5.69 Å². The number of rotatable bonds is 6. The molecule has 7 nitrogen and oxygen atoms in total. The topological polar surface area (TPSA) is 91.5 Å². The lowest BCUT2D eigenvalue weighted by atomic mass is 10.2. The smallest absolute Gasteiger partial charge is 0.319 e. The number of hydrogen-bond acceptors (Lipinski definition) is 5. The Morgan fingerprint density at radius 2 is 1.96 bits per heavy atom. The third-order valence-corrected chi connectivity index (χ3v) is 3.32. The van der Waals surface area contributed by atoms with Crippen molar-refractivity contribution in [3.63, 3.8) is 0 Å². The fraction of sp³-hybridized carbons (Fsp3) is 0.312. The van der Waals surface area contributed by atoms with E-state index in [0.717, 1.165) is 10.9 Å². The summed E-state index contributed by atoms with van der Waals surface area (Å²) in [6.45, 7) is 1.60. The number of anilines is 1. The number of carbonyl (C=O) groups is 3. The van der Waals surface area contributed by atoms with Gasteiger partial charge in [-0.25, -0.2) is 0 Å². The van der Waals surface area contributed by atoms with Gasteiger partial charge in [-0.05, 0) is 31.3 Å². The average molecular weight is 317 g/mol. The Labute approximate surface area is 133 Å². The fourth-order valence-corrected chi connectivity index (χ4v) is 2.19. The predicted octanol–water partition coefficient (Wildman–Crippen LogP) is 1.41. The van der Waals surface area contributed by atoms with Crippen LogP contribution in [0.3, 0.4) is 0 Å². The third-order valence-electron chi connectivity index (χ3n) is 3.32. The Bertz CT molecular complexity index is 751. The standard InChI is InChI=1S/C16H19N3O4/c1-10(20)14-7-11-6-12(4-5-13(11)18-14)17-15(21)8-19(2)9-16(22)23-3/h4-7,18H,8-9H2,1-3H3,(H,17,21). The van der Waals surface area contributed by atoms with Crippen molar-refractivity contribution < 1.29 is 19.1 Å². The molecule has 0 aliphatic rings. The average Bonchev–Trinajstić information content (AvgIpc) is 2.90. The third kappa shape index (κ3) is 4.40. The number of hydrogen-bond donors (Lipinski definition) is 2. The number of H-pyrrole nitrogens is 1. The van der Waals surface area contributed by atoms with Crippen molar-refractivity contribution in [1.82, 2.24) is 9.88 Å². The maximum Gasteiger partial charge on any atom is 0.319 e. The number of carbonyl (C=O) groups excluding carboxylic acids is 3. The molecule has 0 aliphatic carbocycles. The number of nitrogens with one attached hydrogen (secondary N) is 2. The van der Waals surface area contributed by atoms with Gasteiger partial charge in [-0.3, -0.25) is 19.3 Å². The first-order chi connectivity index (χ1) is 10.9. The van der Waals surface area contributed by atoms with Gasteiger partial charge in [0.15, 0.2) is 5.78 Å². The second-order valence-corrected chi connectivity index (χ2v) is 5.34. The fourth-order valence-electron chi connectivity index (χ4n) is 2.19. The van der Waals surface area contributed by atoms with E-state index in [1.54, 1.807) is 36.2 Å². The normalized spacial score (nSPS) is 10.8. The molecule has 1 aromatic heterocycles. The highest BCUT2D eigenvalue weighted by Gasteiger charge is 2.11. The molecule has 1 aromatic carbocycles. The van der Waals surface area contributed by atoms with Crippen LogP contribution in [0.25, 0.3) is 10.9 Å². The second kappa shape index (κ2) is 7.06. The van der Waals surface area contributed by atoms with E-state index in [2.05, 4.69) is 15.0 Å². The van der Waals surface area contributed by atoms with Crippen LogP contribution in [0.15, 0.2) is 24.3 Å². The first-order valence-corrected chi connectivity index (χ1v) is 7.08. The first kappa shape index (κ1) is 16.7. The molecular formula is C16H19N3O4. The largest absolute Gasteiger partial charge is 0.468 e. The zero-order chi connectivity index (χ0) is 17.0. The van der Waals surface area contributed by atoms with E-state index in [-0.39, 0.29) is 24.8 Å². The molecule has 122 valence electrons. The van der Waals surface area contributed by atoms with Gasteiger partial charge in [0.25, 0.3) is 0 Å². The van der Waals surface area contributed by atoms with Gasteiger partial charge in [0.2, 0.25) is 5.91 Å². The van der Waals surface area contributed by atoms with Gasteiger partial charge in [-0.1, -0.05) is 0 Å². The van der Waals surface area contributed by atoms with Gasteiger partial charge < -0.3 is 15.0 Å². The Balaban J connectivity index is 2.02. The number of aromatic amines is 1. The summed E-state index contributed by atoms with van der Waals surface area (Å²) in [6.07, 6.45) is 0. The van der Waals surface area contributed by atoms with Crippen LogP contribution in [-0.2, 0) is 14.3 Å². The van der Waals surface area contributed by atoms with E-state index in [4.69, 9.17) is 0 Å². The number of ether oxygens (including phenoxy) is 1. The van der Waals surface area contributed by atoms with Crippen molar-refractivity contribution in [1.29, 1.82) is 0 Å². The highest BCUT2D eigenvalue weighted by atomic mass is 16.5. The van der Waals surface area contributed by atoms with Crippen LogP contribution in [0.5, 0.6) is 0 Å². The Kier molecular flexibility index (Phi) is 5.13. The summed E-state index contributed by atoms with van der Waals surface area (Å²) in [5.74, 6) is -0.680. The van der Waals surface area contributed by atoms with E-state index >= 15 is 0 Å². The lowest BCUT2D eigenvalue weighted by Crippen LogP contribution is -2.34. The molecule has 1 amide bonds. The number of nitrogens with zero attached hydrogens (tertiary/aromatic N) is 1. The lowest BCUT2D eigenvalue weighted by Gasteiger charge is -2.14. The highest BCUT2D eigenvalue weighted by Crippen LogP contribution is 2.20. The summed E-state index contributed by atoms with van der Waals surface area (Å²) in [5.41, 5.74) is 1.99. The quantitative estimate of drug-likeness (QED) is 0.621. The van der Waals surface area contributed by atoms with Crippen molar-refractivity contribution in [3.05, 3.63) is 30.0 Å². The van der Waals surface area contributed by atoms with Gasteiger partial charge in [0, 0.05) is 23.5 Å². The maximum atomic E-state index is 12.0. The zero-order valence-corrected chi connectivity index (χ0v) is 13.3. The van der Waals surface area contributed by atoms with Crippen LogP contribution in [-0.4, -0.2) is 54.8 Å². The van der Waals surface area contributed by atoms with E-state index < -0.39 is 5.97 Å². The first-order valence-electron chi connectivity index (χ1n) is 7.08. The number of fused-ring (bicyclic) bond motifs is 1. The summed E-state index contributed by atoms with van der Waals surface area (Å²) in [5, 5.41) is 3.61. The van der Waals surface area contributed by atoms with Gasteiger partial charge in [0.05, 0.1) is 25.9 Å². The van der Waals surface area contributed by atoms with Crippen molar-refractivity contribution in [2.75, 3.05) is 32.6 Å². The molecule has 7 heteroatoms. The SMILES string of the molecule is COC(=O)CN(C)CC(=O)Nc1ccc2[nH]c(C(C)=O)cc2c1. The summed E-state index contributed by atoms with van der Waals surface area (Å²) in [7, 11) is 2.96. The molecule has 0 fully saturated rings. The predicted molar refractivity (Wildman–Crippen MR) is 86.4 cm³/mol. The minimum Gasteiger partial charge on any atom is -0.468 e. The van der Waals surface area contributed by atoms with Crippen LogP contribution < -0.4 is 5.32 Å². The molecule has 0 aliphatic heterocycles. The van der Waals surface area contributed by atoms with Gasteiger partial charge in [-0.15, -0.1) is 0 Å². The van der Waals surface area contributed by atoms with E-state index in [9.17, 15) is 14.4 Å². The molecule has 0 saturated carbocycles. The minimum atomic E-state index is -0.397. The molecule has 2 N–H and O–H groups in total. The van der Waals surface area contributed by atoms with E-state index in [0.29, 0.717) is 11.4 Å². The maximum absolute atomic E-state index is 12.0. The Morgan fingerprint density at radius 1 is 1.22 bits per heavy atom. The lowest BCUT2D eigenvalue weighted by molar-refractivity contribution is -0.141. The van der Waals surface area contributed by atoms with Gasteiger partial charge in [0.1, 0.15) is 0 Å². The molecule has 0 atom stereocenters. The molecule has 2 rings (SSSR count). The second-order valence-electron chi connectivity index (χ2n) is 5.34. The van der Waals surface area contributed by atoms with Crippen LogP contribution in [0.1, 0.15) is 17.4 Å². The molecule has 0 radical (unpaired) electrons. The molecule has 0 unspecified atom stereocenters. The number of aromatic nitrogens is 1. The Morgan fingerprint density at radius 3 is 2.61 bits per heavy atom. The van der Waals surface area contributed by atoms with Crippen molar-refractivity contribution in [2.24, 2.45) is 0 Å². The van der Waals surface area contributed by atoms with Crippen molar-refractivity contribution >= 4 is 34.3 Å². The number of likely N-dealkylation sites (N-methyl/N-ethyl adjacent to an activating group) is 1. The molecule has 0 saturated heterocycles. The Hall–Kier alpha value is -2.67. The molecule has 0 spiro atoms. The molecule has 0 bridgehead atoms. The van der Waals surface area contributed by atoms with E-state index in [1.807, 2.05) is 0 Å². The minimum absolute atomic E-state index is 0.0444. The highest BCUT2D eigenvalue weighted by molar-refractivity contribution is 6.00. The molecular weight excluding hydrogens is 298 g/mol. The zero-order valence-electron chi connectivity index (χ0n) is 13.3.